The van der Waals surface area contributed by atoms with Gasteiger partial charge in [0.2, 0.25) is 5.75 Å². The van der Waals surface area contributed by atoms with Crippen molar-refractivity contribution in [3.63, 3.8) is 0 Å². The SMILES string of the molecule is COc1cc(/C=C2\SC(=O)N(CCOc3ccc(C)cc3)C2=O)ccc1Oc1ccc(C(F)(F)F)cc1[N+](=O)[O-]. The van der Waals surface area contributed by atoms with E-state index in [-0.39, 0.29) is 29.6 Å². The lowest BCUT2D eigenvalue weighted by molar-refractivity contribution is -0.385. The van der Waals surface area contributed by atoms with Crippen molar-refractivity contribution in [3.05, 3.63) is 92.4 Å². The normalized spacial score (nSPS) is 14.5. The molecule has 9 nitrogen and oxygen atoms in total. The number of nitro benzene ring substituents is 1. The number of halogens is 3. The van der Waals surface area contributed by atoms with E-state index in [1.54, 1.807) is 12.1 Å². The van der Waals surface area contributed by atoms with Gasteiger partial charge in [0.25, 0.3) is 11.1 Å². The molecular weight excluding hydrogens is 553 g/mol. The standard InChI is InChI=1S/C27H21F3N2O7S/c1-16-3-7-19(8-4-16)38-12-11-31-25(33)24(40-26(31)34)14-17-5-9-22(23(13-17)37-2)39-21-10-6-18(27(28,29)30)15-20(21)32(35)36/h3-10,13-15H,11-12H2,1-2H3/b24-14-. The molecule has 0 aliphatic carbocycles. The maximum absolute atomic E-state index is 13.0. The minimum atomic E-state index is -4.77. The summed E-state index contributed by atoms with van der Waals surface area (Å²) in [5, 5.41) is 10.9. The first-order chi connectivity index (χ1) is 19.0. The summed E-state index contributed by atoms with van der Waals surface area (Å²) in [6.45, 7) is 2.11. The van der Waals surface area contributed by atoms with Gasteiger partial charge >= 0.3 is 11.9 Å². The van der Waals surface area contributed by atoms with Gasteiger partial charge in [0.1, 0.15) is 12.4 Å². The zero-order valence-corrected chi connectivity index (χ0v) is 21.9. The summed E-state index contributed by atoms with van der Waals surface area (Å²) in [7, 11) is 1.30. The predicted octanol–water partition coefficient (Wildman–Crippen LogP) is 6.84. The Morgan fingerprint density at radius 2 is 1.70 bits per heavy atom. The second kappa shape index (κ2) is 11.7. The number of aryl methyl sites for hydroxylation is 1. The first kappa shape index (κ1) is 28.5. The number of nitrogens with zero attached hydrogens (tertiary/aromatic N) is 2. The van der Waals surface area contributed by atoms with Crippen molar-refractivity contribution in [2.24, 2.45) is 0 Å². The average molecular weight is 575 g/mol. The maximum atomic E-state index is 13.0. The number of carbonyl (C=O) groups excluding carboxylic acids is 2. The van der Waals surface area contributed by atoms with E-state index >= 15 is 0 Å². The highest BCUT2D eigenvalue weighted by molar-refractivity contribution is 8.18. The number of hydrogen-bond donors (Lipinski definition) is 0. The highest BCUT2D eigenvalue weighted by Gasteiger charge is 2.35. The van der Waals surface area contributed by atoms with Crippen LogP contribution < -0.4 is 14.2 Å². The second-order valence-corrected chi connectivity index (χ2v) is 9.44. The van der Waals surface area contributed by atoms with E-state index in [0.717, 1.165) is 28.3 Å². The Morgan fingerprint density at radius 3 is 2.35 bits per heavy atom. The first-order valence-corrected chi connectivity index (χ1v) is 12.4. The van der Waals surface area contributed by atoms with Gasteiger partial charge in [-0.05, 0) is 66.7 Å². The molecule has 3 aromatic carbocycles. The lowest BCUT2D eigenvalue weighted by atomic mass is 10.1. The Bertz CT molecular complexity index is 1490. The minimum absolute atomic E-state index is 0.0103. The zero-order valence-electron chi connectivity index (χ0n) is 21.1. The Hall–Kier alpha value is -4.52. The molecule has 0 bridgehead atoms. The van der Waals surface area contributed by atoms with Crippen LogP contribution in [0.5, 0.6) is 23.0 Å². The fourth-order valence-corrected chi connectivity index (χ4v) is 4.50. The Morgan fingerprint density at radius 1 is 1.00 bits per heavy atom. The molecule has 0 atom stereocenters. The third-order valence-electron chi connectivity index (χ3n) is 5.67. The van der Waals surface area contributed by atoms with Crippen molar-refractivity contribution in [3.8, 4) is 23.0 Å². The molecule has 1 aliphatic heterocycles. The molecule has 0 saturated carbocycles. The number of amides is 2. The number of carbonyl (C=O) groups is 2. The number of imide groups is 1. The molecule has 0 unspecified atom stereocenters. The molecule has 208 valence electrons. The molecule has 1 aliphatic rings. The van der Waals surface area contributed by atoms with Crippen LogP contribution >= 0.6 is 11.8 Å². The molecule has 0 aromatic heterocycles. The molecule has 1 saturated heterocycles. The van der Waals surface area contributed by atoms with Crippen molar-refractivity contribution in [2.75, 3.05) is 20.3 Å². The average Bonchev–Trinajstić information content (AvgIpc) is 3.17. The summed E-state index contributed by atoms with van der Waals surface area (Å²) < 4.78 is 55.4. The van der Waals surface area contributed by atoms with E-state index in [1.807, 2.05) is 19.1 Å². The van der Waals surface area contributed by atoms with E-state index in [9.17, 15) is 32.9 Å². The van der Waals surface area contributed by atoms with Gasteiger partial charge in [0.05, 0.1) is 29.0 Å². The number of nitro groups is 1. The molecule has 0 spiro atoms. The highest BCUT2D eigenvalue weighted by Crippen LogP contribution is 2.41. The van der Waals surface area contributed by atoms with E-state index in [2.05, 4.69) is 0 Å². The smallest absolute Gasteiger partial charge is 0.416 e. The van der Waals surface area contributed by atoms with Gasteiger partial charge in [-0.2, -0.15) is 13.2 Å². The van der Waals surface area contributed by atoms with Crippen LogP contribution in [0.2, 0.25) is 0 Å². The Kier molecular flexibility index (Phi) is 8.33. The third kappa shape index (κ3) is 6.54. The molecule has 2 amide bonds. The summed E-state index contributed by atoms with van der Waals surface area (Å²) >= 11 is 0.758. The van der Waals surface area contributed by atoms with Gasteiger partial charge in [-0.3, -0.25) is 24.6 Å². The van der Waals surface area contributed by atoms with Crippen LogP contribution in [0.25, 0.3) is 6.08 Å². The van der Waals surface area contributed by atoms with E-state index in [4.69, 9.17) is 14.2 Å². The number of methoxy groups -OCH3 is 1. The molecule has 3 aromatic rings. The Balaban J connectivity index is 1.48. The minimum Gasteiger partial charge on any atom is -0.493 e. The highest BCUT2D eigenvalue weighted by atomic mass is 32.2. The topological polar surface area (TPSA) is 108 Å². The van der Waals surface area contributed by atoms with Gasteiger partial charge in [0.15, 0.2) is 11.5 Å². The lowest BCUT2D eigenvalue weighted by Gasteiger charge is -2.13. The van der Waals surface area contributed by atoms with Crippen molar-refractivity contribution < 1.29 is 41.9 Å². The third-order valence-corrected chi connectivity index (χ3v) is 6.57. The molecule has 4 rings (SSSR count). The quantitative estimate of drug-likeness (QED) is 0.155. The van der Waals surface area contributed by atoms with Crippen molar-refractivity contribution >= 4 is 34.7 Å². The van der Waals surface area contributed by atoms with Gasteiger partial charge in [-0.25, -0.2) is 0 Å². The van der Waals surface area contributed by atoms with Crippen molar-refractivity contribution in [1.29, 1.82) is 0 Å². The summed E-state index contributed by atoms with van der Waals surface area (Å²) in [4.78, 5) is 36.9. The molecule has 13 heteroatoms. The molecule has 40 heavy (non-hydrogen) atoms. The summed E-state index contributed by atoms with van der Waals surface area (Å²) in [5.74, 6) is -0.220. The van der Waals surface area contributed by atoms with Crippen LogP contribution in [0.1, 0.15) is 16.7 Å². The number of ether oxygens (including phenoxy) is 3. The van der Waals surface area contributed by atoms with Crippen LogP contribution in [0.3, 0.4) is 0 Å². The number of rotatable bonds is 9. The maximum Gasteiger partial charge on any atom is 0.416 e. The Labute approximate surface area is 230 Å². The van der Waals surface area contributed by atoms with Crippen LogP contribution in [-0.4, -0.2) is 41.2 Å². The molecule has 0 radical (unpaired) electrons. The van der Waals surface area contributed by atoms with Crippen molar-refractivity contribution in [1.82, 2.24) is 4.90 Å². The van der Waals surface area contributed by atoms with E-state index in [1.165, 1.54) is 31.4 Å². The molecule has 1 heterocycles. The number of alkyl halides is 3. The van der Waals surface area contributed by atoms with Crippen LogP contribution in [0.15, 0.2) is 65.6 Å². The van der Waals surface area contributed by atoms with E-state index < -0.39 is 39.2 Å². The molecular formula is C27H21F3N2O7S. The summed E-state index contributed by atoms with van der Waals surface area (Å²) in [6.07, 6.45) is -3.30. The van der Waals surface area contributed by atoms with Crippen LogP contribution in [-0.2, 0) is 11.0 Å². The van der Waals surface area contributed by atoms with Gasteiger partial charge < -0.3 is 14.2 Å². The van der Waals surface area contributed by atoms with Gasteiger partial charge in [-0.15, -0.1) is 0 Å². The van der Waals surface area contributed by atoms with Crippen LogP contribution in [0, 0.1) is 17.0 Å². The summed E-state index contributed by atoms with van der Waals surface area (Å²) in [6, 6.07) is 13.6. The number of benzene rings is 3. The predicted molar refractivity (Wildman–Crippen MR) is 141 cm³/mol. The number of hydrogen-bond acceptors (Lipinski definition) is 8. The van der Waals surface area contributed by atoms with E-state index in [0.29, 0.717) is 23.4 Å². The van der Waals surface area contributed by atoms with Gasteiger partial charge in [0, 0.05) is 6.07 Å². The largest absolute Gasteiger partial charge is 0.493 e. The lowest BCUT2D eigenvalue weighted by Crippen LogP contribution is -2.32. The van der Waals surface area contributed by atoms with Crippen LogP contribution in [0.4, 0.5) is 23.7 Å². The molecule has 0 N–H and O–H groups in total. The summed E-state index contributed by atoms with van der Waals surface area (Å²) in [5.41, 5.74) is -0.543. The van der Waals surface area contributed by atoms with Gasteiger partial charge in [-0.1, -0.05) is 23.8 Å². The zero-order chi connectivity index (χ0) is 29.0. The monoisotopic (exact) mass is 574 g/mol. The second-order valence-electron chi connectivity index (χ2n) is 8.44. The fourth-order valence-electron chi connectivity index (χ4n) is 3.63. The molecule has 1 fully saturated rings. The van der Waals surface area contributed by atoms with Crippen molar-refractivity contribution in [2.45, 2.75) is 13.1 Å². The number of thioether (sulfide) groups is 1. The fraction of sp³-hybridized carbons (Fsp3) is 0.185. The first-order valence-electron chi connectivity index (χ1n) is 11.6.